The Hall–Kier alpha value is -2.63. The van der Waals surface area contributed by atoms with Gasteiger partial charge in [-0.3, -0.25) is 9.59 Å². The third kappa shape index (κ3) is 2.37. The molecule has 6 heteroatoms. The Kier molecular flexibility index (Phi) is 3.09. The van der Waals surface area contributed by atoms with Gasteiger partial charge in [0.2, 0.25) is 0 Å². The molecule has 2 rings (SSSR count). The Labute approximate surface area is 102 Å². The fourth-order valence-corrected chi connectivity index (χ4v) is 1.40. The third-order valence-corrected chi connectivity index (χ3v) is 2.33. The predicted molar refractivity (Wildman–Crippen MR) is 65.8 cm³/mol. The number of para-hydroxylation sites is 1. The fourth-order valence-electron chi connectivity index (χ4n) is 1.40. The van der Waals surface area contributed by atoms with Gasteiger partial charge in [0, 0.05) is 5.39 Å². The van der Waals surface area contributed by atoms with E-state index in [9.17, 15) is 9.59 Å². The zero-order valence-electron chi connectivity index (χ0n) is 9.64. The smallest absolute Gasteiger partial charge is 0.329 e. The van der Waals surface area contributed by atoms with Gasteiger partial charge in [0.15, 0.2) is 5.76 Å². The molecule has 18 heavy (non-hydrogen) atoms. The van der Waals surface area contributed by atoms with Gasteiger partial charge in [-0.15, -0.1) is 0 Å². The highest BCUT2D eigenvalue weighted by Gasteiger charge is 2.09. The van der Waals surface area contributed by atoms with E-state index in [-0.39, 0.29) is 0 Å². The summed E-state index contributed by atoms with van der Waals surface area (Å²) in [6.07, 6.45) is 0. The summed E-state index contributed by atoms with van der Waals surface area (Å²) < 4.78 is 5.52. The summed E-state index contributed by atoms with van der Waals surface area (Å²) in [5, 5.41) is 4.67. The average molecular weight is 245 g/mol. The molecule has 0 atom stereocenters. The van der Waals surface area contributed by atoms with Crippen molar-refractivity contribution < 1.29 is 14.0 Å². The molecule has 3 N–H and O–H groups in total. The summed E-state index contributed by atoms with van der Waals surface area (Å²) in [4.78, 5) is 21.4. The van der Waals surface area contributed by atoms with E-state index in [4.69, 9.17) is 10.2 Å². The molecule has 0 fully saturated rings. The number of benzene rings is 1. The van der Waals surface area contributed by atoms with E-state index in [2.05, 4.69) is 5.10 Å². The first kappa shape index (κ1) is 11.8. The molecular weight excluding hydrogens is 234 g/mol. The van der Waals surface area contributed by atoms with E-state index in [1.54, 1.807) is 13.0 Å². The van der Waals surface area contributed by atoms with Crippen molar-refractivity contribution in [2.24, 2.45) is 10.8 Å². The van der Waals surface area contributed by atoms with Crippen molar-refractivity contribution in [3.63, 3.8) is 0 Å². The van der Waals surface area contributed by atoms with E-state index in [1.165, 1.54) is 0 Å². The summed E-state index contributed by atoms with van der Waals surface area (Å²) in [6, 6.07) is 9.27. The van der Waals surface area contributed by atoms with Gasteiger partial charge in [0.05, 0.1) is 0 Å². The van der Waals surface area contributed by atoms with Crippen molar-refractivity contribution in [1.29, 1.82) is 0 Å². The molecule has 0 aliphatic rings. The zero-order chi connectivity index (χ0) is 13.1. The largest absolute Gasteiger partial charge is 0.455 e. The third-order valence-electron chi connectivity index (χ3n) is 2.33. The van der Waals surface area contributed by atoms with Crippen LogP contribution in [0.4, 0.5) is 0 Å². The van der Waals surface area contributed by atoms with E-state index >= 15 is 0 Å². The quantitative estimate of drug-likeness (QED) is 0.464. The molecule has 1 aromatic heterocycles. The molecule has 1 heterocycles. The maximum absolute atomic E-state index is 10.9. The van der Waals surface area contributed by atoms with Crippen LogP contribution >= 0.6 is 0 Å². The molecule has 92 valence electrons. The highest BCUT2D eigenvalue weighted by Crippen LogP contribution is 2.19. The summed E-state index contributed by atoms with van der Waals surface area (Å²) in [7, 11) is 0. The number of fused-ring (bicyclic) bond motifs is 1. The molecular formula is C12H11N3O3. The van der Waals surface area contributed by atoms with E-state index in [0.717, 1.165) is 11.0 Å². The molecule has 0 spiro atoms. The van der Waals surface area contributed by atoms with Gasteiger partial charge >= 0.3 is 11.8 Å². The van der Waals surface area contributed by atoms with Gasteiger partial charge in [-0.1, -0.05) is 18.2 Å². The van der Waals surface area contributed by atoms with Gasteiger partial charge in [-0.2, -0.15) is 5.10 Å². The van der Waals surface area contributed by atoms with Gasteiger partial charge < -0.3 is 10.2 Å². The standard InChI is InChI=1S/C12H11N3O3/c1-7(14-15-12(17)11(13)16)10-6-8-4-2-3-5-9(8)18-10/h2-6H,1H3,(H2,13,16)(H,15,17)/b14-7+. The van der Waals surface area contributed by atoms with Crippen molar-refractivity contribution in [1.82, 2.24) is 5.43 Å². The molecule has 0 saturated heterocycles. The topological polar surface area (TPSA) is 97.7 Å². The summed E-state index contributed by atoms with van der Waals surface area (Å²) in [5.74, 6) is -1.54. The zero-order valence-corrected chi connectivity index (χ0v) is 9.64. The SMILES string of the molecule is C/C(=N\NC(=O)C(N)=O)c1cc2ccccc2o1. The summed E-state index contributed by atoms with van der Waals surface area (Å²) >= 11 is 0. The van der Waals surface area contributed by atoms with Crippen LogP contribution < -0.4 is 11.2 Å². The number of rotatable bonds is 2. The van der Waals surface area contributed by atoms with Gasteiger partial charge in [0.25, 0.3) is 0 Å². The lowest BCUT2D eigenvalue weighted by Crippen LogP contribution is -2.33. The number of amides is 2. The lowest BCUT2D eigenvalue weighted by atomic mass is 10.2. The number of hydrogen-bond acceptors (Lipinski definition) is 4. The molecule has 0 radical (unpaired) electrons. The van der Waals surface area contributed by atoms with Crippen LogP contribution in [-0.2, 0) is 9.59 Å². The molecule has 2 amide bonds. The minimum Gasteiger partial charge on any atom is -0.455 e. The number of carbonyl (C=O) groups excluding carboxylic acids is 2. The average Bonchev–Trinajstić information content (AvgIpc) is 2.79. The van der Waals surface area contributed by atoms with Gasteiger partial charge in [0.1, 0.15) is 11.3 Å². The van der Waals surface area contributed by atoms with E-state index < -0.39 is 11.8 Å². The first-order valence-corrected chi connectivity index (χ1v) is 5.21. The molecule has 0 unspecified atom stereocenters. The number of nitrogens with one attached hydrogen (secondary N) is 1. The molecule has 6 nitrogen and oxygen atoms in total. The normalized spacial score (nSPS) is 11.5. The predicted octanol–water partition coefficient (Wildman–Crippen LogP) is 0.758. The number of hydrogen-bond donors (Lipinski definition) is 2. The molecule has 0 aliphatic carbocycles. The van der Waals surface area contributed by atoms with Crippen molar-refractivity contribution in [2.75, 3.05) is 0 Å². The van der Waals surface area contributed by atoms with E-state index in [1.807, 2.05) is 29.7 Å². The second-order valence-electron chi connectivity index (χ2n) is 3.65. The van der Waals surface area contributed by atoms with Crippen LogP contribution in [0.3, 0.4) is 0 Å². The molecule has 2 aromatic rings. The molecule has 1 aromatic carbocycles. The number of nitrogens with zero attached hydrogens (tertiary/aromatic N) is 1. The number of nitrogens with two attached hydrogens (primary N) is 1. The highest BCUT2D eigenvalue weighted by atomic mass is 16.3. The summed E-state index contributed by atoms with van der Waals surface area (Å²) in [5.41, 5.74) is 7.99. The highest BCUT2D eigenvalue weighted by molar-refractivity contribution is 6.34. The second-order valence-corrected chi connectivity index (χ2v) is 3.65. The van der Waals surface area contributed by atoms with Gasteiger partial charge in [-0.25, -0.2) is 5.43 Å². The fraction of sp³-hybridized carbons (Fsp3) is 0.0833. The van der Waals surface area contributed by atoms with Crippen LogP contribution in [0.15, 0.2) is 39.9 Å². The maximum Gasteiger partial charge on any atom is 0.329 e. The van der Waals surface area contributed by atoms with Gasteiger partial charge in [-0.05, 0) is 19.1 Å². The summed E-state index contributed by atoms with van der Waals surface area (Å²) in [6.45, 7) is 1.65. The van der Waals surface area contributed by atoms with Crippen LogP contribution in [0.1, 0.15) is 12.7 Å². The van der Waals surface area contributed by atoms with Crippen LogP contribution in [-0.4, -0.2) is 17.5 Å². The first-order chi connectivity index (χ1) is 8.58. The first-order valence-electron chi connectivity index (χ1n) is 5.21. The minimum atomic E-state index is -1.09. The Morgan fingerprint density at radius 3 is 2.72 bits per heavy atom. The van der Waals surface area contributed by atoms with Crippen molar-refractivity contribution in [2.45, 2.75) is 6.92 Å². The molecule has 0 aliphatic heterocycles. The van der Waals surface area contributed by atoms with Crippen LogP contribution in [0.2, 0.25) is 0 Å². The Morgan fingerprint density at radius 1 is 1.33 bits per heavy atom. The Morgan fingerprint density at radius 2 is 2.06 bits per heavy atom. The number of primary amides is 1. The number of carbonyl (C=O) groups is 2. The second kappa shape index (κ2) is 4.70. The lowest BCUT2D eigenvalue weighted by Gasteiger charge is -1.96. The van der Waals surface area contributed by atoms with Crippen molar-refractivity contribution in [3.8, 4) is 0 Å². The lowest BCUT2D eigenvalue weighted by molar-refractivity contribution is -0.137. The van der Waals surface area contributed by atoms with Crippen molar-refractivity contribution >= 4 is 28.5 Å². The number of hydrazone groups is 1. The van der Waals surface area contributed by atoms with Crippen molar-refractivity contribution in [3.05, 3.63) is 36.1 Å². The Bertz CT molecular complexity index is 610. The van der Waals surface area contributed by atoms with Crippen LogP contribution in [0.25, 0.3) is 11.0 Å². The van der Waals surface area contributed by atoms with E-state index in [0.29, 0.717) is 11.5 Å². The molecule has 0 bridgehead atoms. The van der Waals surface area contributed by atoms with Crippen LogP contribution in [0.5, 0.6) is 0 Å². The number of furan rings is 1. The monoisotopic (exact) mass is 245 g/mol. The van der Waals surface area contributed by atoms with Crippen LogP contribution in [0, 0.1) is 0 Å². The Balaban J connectivity index is 2.22. The maximum atomic E-state index is 10.9. The minimum absolute atomic E-state index is 0.445. The molecule has 0 saturated carbocycles.